The molecule has 0 saturated carbocycles. The van der Waals surface area contributed by atoms with Crippen LogP contribution in [0.2, 0.25) is 0 Å². The lowest BCUT2D eigenvalue weighted by atomic mass is 10.0. The van der Waals surface area contributed by atoms with Crippen molar-refractivity contribution in [1.29, 1.82) is 0 Å². The maximum absolute atomic E-state index is 13.4. The molecule has 1 atom stereocenters. The largest absolute Gasteiger partial charge is 0.378 e. The van der Waals surface area contributed by atoms with Gasteiger partial charge < -0.3 is 24.8 Å². The number of nitrogens with two attached hydrogens (primary N) is 1. The number of halogens is 1. The number of anilines is 1. The van der Waals surface area contributed by atoms with E-state index in [9.17, 15) is 4.79 Å². The van der Waals surface area contributed by atoms with E-state index < -0.39 is 0 Å². The Hall–Kier alpha value is -2.09. The average Bonchev–Trinajstić information content (AvgIpc) is 3.14. The van der Waals surface area contributed by atoms with Gasteiger partial charge >= 0.3 is 0 Å². The summed E-state index contributed by atoms with van der Waals surface area (Å²) in [4.78, 5) is 17.3. The molecule has 0 bridgehead atoms. The summed E-state index contributed by atoms with van der Waals surface area (Å²) in [6.07, 6.45) is 1.88. The molecule has 0 aliphatic carbocycles. The van der Waals surface area contributed by atoms with Crippen molar-refractivity contribution in [3.05, 3.63) is 35.9 Å². The Balaban J connectivity index is 0.00000210. The highest BCUT2D eigenvalue weighted by molar-refractivity contribution is 6.04. The quantitative estimate of drug-likeness (QED) is 0.861. The minimum atomic E-state index is -0.0539. The average molecular weight is 393 g/mol. The van der Waals surface area contributed by atoms with Crippen LogP contribution in [0.25, 0.3) is 11.3 Å². The Labute approximate surface area is 164 Å². The maximum Gasteiger partial charge on any atom is 0.261 e. The smallest absolute Gasteiger partial charge is 0.261 e. The third-order valence-corrected chi connectivity index (χ3v) is 4.98. The molecule has 146 valence electrons. The molecule has 0 radical (unpaired) electrons. The lowest BCUT2D eigenvalue weighted by Gasteiger charge is -2.32. The van der Waals surface area contributed by atoms with Gasteiger partial charge in [0.2, 0.25) is 0 Å². The lowest BCUT2D eigenvalue weighted by Crippen LogP contribution is -2.46. The SMILES string of the molecule is Cl.N[C@H]1CCCN(C(=O)c2c(N3CCOCC3)noc2-c2ccccc2)C1. The number of hydrogen-bond donors (Lipinski definition) is 1. The molecule has 7 nitrogen and oxygen atoms in total. The van der Waals surface area contributed by atoms with E-state index in [4.69, 9.17) is 15.0 Å². The normalized spacial score (nSPS) is 20.3. The second-order valence-corrected chi connectivity index (χ2v) is 6.83. The van der Waals surface area contributed by atoms with Crippen LogP contribution in [0.3, 0.4) is 0 Å². The molecule has 2 aromatic rings. The molecule has 2 aliphatic heterocycles. The number of hydrogen-bond acceptors (Lipinski definition) is 6. The molecule has 2 aliphatic rings. The molecule has 27 heavy (non-hydrogen) atoms. The first-order valence-corrected chi connectivity index (χ1v) is 9.16. The number of piperidine rings is 1. The van der Waals surface area contributed by atoms with Gasteiger partial charge in [0, 0.05) is 37.8 Å². The first kappa shape index (κ1) is 19.7. The monoisotopic (exact) mass is 392 g/mol. The molecule has 0 unspecified atom stereocenters. The molecule has 8 heteroatoms. The highest BCUT2D eigenvalue weighted by atomic mass is 35.5. The van der Waals surface area contributed by atoms with Crippen LogP contribution in [0, 0.1) is 0 Å². The van der Waals surface area contributed by atoms with Crippen molar-refractivity contribution in [2.75, 3.05) is 44.3 Å². The standard InChI is InChI=1S/C19H24N4O3.ClH/c20-15-7-4-8-23(13-15)19(24)16-17(14-5-2-1-3-6-14)26-21-18(16)22-9-11-25-12-10-22;/h1-3,5-6,15H,4,7-13,20H2;1H/t15-;/m0./s1. The molecular weight excluding hydrogens is 368 g/mol. The number of amides is 1. The van der Waals surface area contributed by atoms with E-state index in [1.165, 1.54) is 0 Å². The molecule has 3 heterocycles. The Morgan fingerprint density at radius 3 is 2.59 bits per heavy atom. The molecule has 2 N–H and O–H groups in total. The number of carbonyl (C=O) groups excluding carboxylic acids is 1. The third kappa shape index (κ3) is 4.10. The van der Waals surface area contributed by atoms with Gasteiger partial charge in [-0.2, -0.15) is 0 Å². The molecule has 1 aromatic carbocycles. The number of morpholine rings is 1. The molecule has 2 fully saturated rings. The fourth-order valence-corrected chi connectivity index (χ4v) is 3.60. The van der Waals surface area contributed by atoms with E-state index >= 15 is 0 Å². The van der Waals surface area contributed by atoms with Crippen molar-refractivity contribution in [2.45, 2.75) is 18.9 Å². The van der Waals surface area contributed by atoms with Crippen LogP contribution < -0.4 is 10.6 Å². The van der Waals surface area contributed by atoms with Crippen LogP contribution >= 0.6 is 12.4 Å². The molecule has 0 spiro atoms. The zero-order valence-electron chi connectivity index (χ0n) is 15.2. The van der Waals surface area contributed by atoms with Crippen molar-refractivity contribution in [2.24, 2.45) is 5.73 Å². The van der Waals surface area contributed by atoms with E-state index in [-0.39, 0.29) is 24.4 Å². The van der Waals surface area contributed by atoms with Gasteiger partial charge in [-0.05, 0) is 12.8 Å². The van der Waals surface area contributed by atoms with Crippen molar-refractivity contribution in [3.63, 3.8) is 0 Å². The summed E-state index contributed by atoms with van der Waals surface area (Å²) in [5.41, 5.74) is 7.47. The molecule has 1 amide bonds. The van der Waals surface area contributed by atoms with Crippen molar-refractivity contribution >= 4 is 24.1 Å². The highest BCUT2D eigenvalue weighted by Gasteiger charge is 2.32. The number of rotatable bonds is 3. The number of carbonyl (C=O) groups is 1. The van der Waals surface area contributed by atoms with Gasteiger partial charge in [-0.1, -0.05) is 35.5 Å². The first-order chi connectivity index (χ1) is 12.7. The Morgan fingerprint density at radius 1 is 1.15 bits per heavy atom. The summed E-state index contributed by atoms with van der Waals surface area (Å²) in [5.74, 6) is 1.08. The molecule has 1 aromatic heterocycles. The van der Waals surface area contributed by atoms with Gasteiger partial charge in [-0.3, -0.25) is 4.79 Å². The van der Waals surface area contributed by atoms with E-state index in [1.54, 1.807) is 0 Å². The predicted octanol–water partition coefficient (Wildman–Crippen LogP) is 2.16. The van der Waals surface area contributed by atoms with Crippen molar-refractivity contribution < 1.29 is 14.1 Å². The van der Waals surface area contributed by atoms with E-state index in [0.29, 0.717) is 56.5 Å². The molecule has 4 rings (SSSR count). The van der Waals surface area contributed by atoms with Gasteiger partial charge in [-0.15, -0.1) is 12.4 Å². The summed E-state index contributed by atoms with van der Waals surface area (Å²) in [6, 6.07) is 9.69. The summed E-state index contributed by atoms with van der Waals surface area (Å²) in [7, 11) is 0. The van der Waals surface area contributed by atoms with E-state index in [0.717, 1.165) is 18.4 Å². The number of ether oxygens (including phenoxy) is 1. The van der Waals surface area contributed by atoms with Gasteiger partial charge in [0.25, 0.3) is 5.91 Å². The maximum atomic E-state index is 13.4. The fourth-order valence-electron chi connectivity index (χ4n) is 3.60. The summed E-state index contributed by atoms with van der Waals surface area (Å²) < 4.78 is 11.1. The van der Waals surface area contributed by atoms with Gasteiger partial charge in [0.05, 0.1) is 13.2 Å². The minimum absolute atomic E-state index is 0. The Bertz CT molecular complexity index is 762. The van der Waals surface area contributed by atoms with Crippen molar-refractivity contribution in [3.8, 4) is 11.3 Å². The lowest BCUT2D eigenvalue weighted by molar-refractivity contribution is 0.0708. The number of aromatic nitrogens is 1. The first-order valence-electron chi connectivity index (χ1n) is 9.16. The second kappa shape index (κ2) is 8.73. The number of nitrogens with zero attached hydrogens (tertiary/aromatic N) is 3. The highest BCUT2D eigenvalue weighted by Crippen LogP contribution is 2.33. The fraction of sp³-hybridized carbons (Fsp3) is 0.474. The van der Waals surface area contributed by atoms with Crippen LogP contribution in [0.1, 0.15) is 23.2 Å². The van der Waals surface area contributed by atoms with Crippen molar-refractivity contribution in [1.82, 2.24) is 10.1 Å². The van der Waals surface area contributed by atoms with E-state index in [1.807, 2.05) is 35.2 Å². The Morgan fingerprint density at radius 2 is 1.89 bits per heavy atom. The number of likely N-dealkylation sites (tertiary alicyclic amines) is 1. The summed E-state index contributed by atoms with van der Waals surface area (Å²) in [6.45, 7) is 3.92. The number of benzene rings is 1. The van der Waals surface area contributed by atoms with Gasteiger partial charge in [0.15, 0.2) is 11.6 Å². The van der Waals surface area contributed by atoms with Crippen LogP contribution in [-0.4, -0.2) is 61.4 Å². The second-order valence-electron chi connectivity index (χ2n) is 6.83. The van der Waals surface area contributed by atoms with Crippen LogP contribution in [0.5, 0.6) is 0 Å². The van der Waals surface area contributed by atoms with Crippen LogP contribution in [0.4, 0.5) is 5.82 Å². The minimum Gasteiger partial charge on any atom is -0.378 e. The summed E-state index contributed by atoms with van der Waals surface area (Å²) >= 11 is 0. The molecular formula is C19H25ClN4O3. The Kier molecular flexibility index (Phi) is 6.36. The topological polar surface area (TPSA) is 84.8 Å². The zero-order valence-corrected chi connectivity index (χ0v) is 16.0. The molecule has 2 saturated heterocycles. The van der Waals surface area contributed by atoms with Gasteiger partial charge in [-0.25, -0.2) is 0 Å². The third-order valence-electron chi connectivity index (χ3n) is 4.98. The van der Waals surface area contributed by atoms with E-state index in [2.05, 4.69) is 10.1 Å². The predicted molar refractivity (Wildman–Crippen MR) is 105 cm³/mol. The zero-order chi connectivity index (χ0) is 17.9. The van der Waals surface area contributed by atoms with Gasteiger partial charge in [0.1, 0.15) is 5.56 Å². The summed E-state index contributed by atoms with van der Waals surface area (Å²) in [5, 5.41) is 4.27. The van der Waals surface area contributed by atoms with Crippen LogP contribution in [0.15, 0.2) is 34.9 Å². The van der Waals surface area contributed by atoms with Crippen LogP contribution in [-0.2, 0) is 4.74 Å².